The van der Waals surface area contributed by atoms with Crippen molar-refractivity contribution in [3.63, 3.8) is 0 Å². The standard InChI is InChI=1S/C19H22FN/c1-13-7-10-18(20)17(11-13)19(21-2)16-9-8-14-5-3-4-6-15(14)12-16/h7-12,19,21H,3-6H2,1-2H3. The van der Waals surface area contributed by atoms with Crippen molar-refractivity contribution in [2.45, 2.75) is 38.6 Å². The summed E-state index contributed by atoms with van der Waals surface area (Å²) in [7, 11) is 1.89. The molecule has 1 aliphatic carbocycles. The Morgan fingerprint density at radius 2 is 1.76 bits per heavy atom. The number of aryl methyl sites for hydroxylation is 3. The SMILES string of the molecule is CNC(c1ccc2c(c1)CCCC2)c1cc(C)ccc1F. The third kappa shape index (κ3) is 2.86. The van der Waals surface area contributed by atoms with Gasteiger partial charge in [0.1, 0.15) is 5.82 Å². The molecule has 0 aromatic heterocycles. The quantitative estimate of drug-likeness (QED) is 0.884. The van der Waals surface area contributed by atoms with Crippen LogP contribution in [0.2, 0.25) is 0 Å². The van der Waals surface area contributed by atoms with Crippen molar-refractivity contribution >= 4 is 0 Å². The maximum absolute atomic E-state index is 14.2. The number of nitrogens with one attached hydrogen (secondary N) is 1. The number of hydrogen-bond donors (Lipinski definition) is 1. The molecule has 3 rings (SSSR count). The Labute approximate surface area is 126 Å². The molecule has 2 heteroatoms. The van der Waals surface area contributed by atoms with Crippen LogP contribution in [0.15, 0.2) is 36.4 Å². The monoisotopic (exact) mass is 283 g/mol. The lowest BCUT2D eigenvalue weighted by molar-refractivity contribution is 0.574. The first-order chi connectivity index (χ1) is 10.2. The van der Waals surface area contributed by atoms with Gasteiger partial charge in [0.05, 0.1) is 6.04 Å². The third-order valence-corrected chi connectivity index (χ3v) is 4.46. The Morgan fingerprint density at radius 3 is 2.52 bits per heavy atom. The van der Waals surface area contributed by atoms with E-state index in [4.69, 9.17) is 0 Å². The van der Waals surface area contributed by atoms with Crippen LogP contribution in [0.3, 0.4) is 0 Å². The van der Waals surface area contributed by atoms with Crippen LogP contribution in [0.1, 0.15) is 46.7 Å². The highest BCUT2D eigenvalue weighted by atomic mass is 19.1. The maximum Gasteiger partial charge on any atom is 0.128 e. The lowest BCUT2D eigenvalue weighted by Gasteiger charge is -2.22. The Balaban J connectivity index is 2.01. The maximum atomic E-state index is 14.2. The van der Waals surface area contributed by atoms with Crippen molar-refractivity contribution in [2.75, 3.05) is 7.05 Å². The van der Waals surface area contributed by atoms with E-state index in [2.05, 4.69) is 23.5 Å². The molecule has 1 aliphatic rings. The lowest BCUT2D eigenvalue weighted by atomic mass is 9.87. The molecule has 0 spiro atoms. The molecule has 0 bridgehead atoms. The van der Waals surface area contributed by atoms with Crippen LogP contribution in [-0.4, -0.2) is 7.05 Å². The van der Waals surface area contributed by atoms with Crippen LogP contribution in [0.25, 0.3) is 0 Å². The minimum atomic E-state index is -0.141. The molecule has 0 saturated heterocycles. The van der Waals surface area contributed by atoms with Gasteiger partial charge in [-0.2, -0.15) is 0 Å². The van der Waals surface area contributed by atoms with Gasteiger partial charge in [0, 0.05) is 5.56 Å². The average Bonchev–Trinajstić information content (AvgIpc) is 2.51. The van der Waals surface area contributed by atoms with Crippen molar-refractivity contribution in [3.8, 4) is 0 Å². The second-order valence-electron chi connectivity index (χ2n) is 5.98. The van der Waals surface area contributed by atoms with Crippen molar-refractivity contribution in [2.24, 2.45) is 0 Å². The first kappa shape index (κ1) is 14.3. The second-order valence-corrected chi connectivity index (χ2v) is 5.98. The Hall–Kier alpha value is -1.67. The number of fused-ring (bicyclic) bond motifs is 1. The summed E-state index contributed by atoms with van der Waals surface area (Å²) in [5, 5.41) is 3.27. The summed E-state index contributed by atoms with van der Waals surface area (Å²) < 4.78 is 14.2. The van der Waals surface area contributed by atoms with E-state index in [1.165, 1.54) is 30.4 Å². The molecule has 1 unspecified atom stereocenters. The topological polar surface area (TPSA) is 12.0 Å². The zero-order chi connectivity index (χ0) is 14.8. The first-order valence-corrected chi connectivity index (χ1v) is 7.74. The highest BCUT2D eigenvalue weighted by molar-refractivity contribution is 5.40. The van der Waals surface area contributed by atoms with Gasteiger partial charge in [0.15, 0.2) is 0 Å². The zero-order valence-electron chi connectivity index (χ0n) is 12.7. The van der Waals surface area contributed by atoms with Crippen LogP contribution in [0, 0.1) is 12.7 Å². The van der Waals surface area contributed by atoms with Gasteiger partial charge in [-0.1, -0.05) is 35.9 Å². The van der Waals surface area contributed by atoms with Crippen LogP contribution in [-0.2, 0) is 12.8 Å². The minimum absolute atomic E-state index is 0.0860. The fraction of sp³-hybridized carbons (Fsp3) is 0.368. The summed E-state index contributed by atoms with van der Waals surface area (Å²) in [4.78, 5) is 0. The van der Waals surface area contributed by atoms with Gasteiger partial charge in [0.25, 0.3) is 0 Å². The molecule has 1 N–H and O–H groups in total. The van der Waals surface area contributed by atoms with Gasteiger partial charge in [-0.3, -0.25) is 0 Å². The van der Waals surface area contributed by atoms with Crippen LogP contribution >= 0.6 is 0 Å². The van der Waals surface area contributed by atoms with E-state index in [1.54, 1.807) is 6.07 Å². The number of halogens is 1. The van der Waals surface area contributed by atoms with Gasteiger partial charge in [-0.05, 0) is 62.4 Å². The third-order valence-electron chi connectivity index (χ3n) is 4.46. The molecule has 0 heterocycles. The van der Waals surface area contributed by atoms with E-state index in [1.807, 2.05) is 26.1 Å². The molecule has 1 nitrogen and oxygen atoms in total. The smallest absolute Gasteiger partial charge is 0.128 e. The van der Waals surface area contributed by atoms with Gasteiger partial charge in [0.2, 0.25) is 0 Å². The predicted octanol–water partition coefficient (Wildman–Crippen LogP) is 4.32. The first-order valence-electron chi connectivity index (χ1n) is 7.74. The highest BCUT2D eigenvalue weighted by Gasteiger charge is 2.18. The molecule has 0 amide bonds. The molecule has 21 heavy (non-hydrogen) atoms. The molecule has 0 saturated carbocycles. The molecule has 2 aromatic rings. The van der Waals surface area contributed by atoms with Gasteiger partial charge >= 0.3 is 0 Å². The van der Waals surface area contributed by atoms with Crippen molar-refractivity contribution in [1.29, 1.82) is 0 Å². The normalized spacial score (nSPS) is 15.6. The van der Waals surface area contributed by atoms with Crippen molar-refractivity contribution in [3.05, 3.63) is 70.0 Å². The average molecular weight is 283 g/mol. The summed E-state index contributed by atoms with van der Waals surface area (Å²) in [6.07, 6.45) is 4.88. The summed E-state index contributed by atoms with van der Waals surface area (Å²) >= 11 is 0. The van der Waals surface area contributed by atoms with Crippen molar-refractivity contribution < 1.29 is 4.39 Å². The van der Waals surface area contributed by atoms with E-state index in [-0.39, 0.29) is 11.9 Å². The fourth-order valence-electron chi connectivity index (χ4n) is 3.32. The molecule has 2 aromatic carbocycles. The largest absolute Gasteiger partial charge is 0.309 e. The number of hydrogen-bond acceptors (Lipinski definition) is 1. The van der Waals surface area contributed by atoms with E-state index in [9.17, 15) is 4.39 Å². The van der Waals surface area contributed by atoms with E-state index in [0.29, 0.717) is 0 Å². The second kappa shape index (κ2) is 5.98. The summed E-state index contributed by atoms with van der Waals surface area (Å²) in [5.74, 6) is -0.141. The van der Waals surface area contributed by atoms with Crippen molar-refractivity contribution in [1.82, 2.24) is 5.32 Å². The summed E-state index contributed by atoms with van der Waals surface area (Å²) in [6.45, 7) is 2.00. The molecular weight excluding hydrogens is 261 g/mol. The lowest BCUT2D eigenvalue weighted by Crippen LogP contribution is -2.20. The summed E-state index contributed by atoms with van der Waals surface area (Å²) in [6, 6.07) is 11.9. The molecule has 110 valence electrons. The highest BCUT2D eigenvalue weighted by Crippen LogP contribution is 2.29. The van der Waals surface area contributed by atoms with Gasteiger partial charge < -0.3 is 5.32 Å². The molecule has 0 fully saturated rings. The van der Waals surface area contributed by atoms with E-state index >= 15 is 0 Å². The van der Waals surface area contributed by atoms with Gasteiger partial charge in [-0.25, -0.2) is 4.39 Å². The fourth-order valence-corrected chi connectivity index (χ4v) is 3.32. The van der Waals surface area contributed by atoms with E-state index < -0.39 is 0 Å². The Kier molecular flexibility index (Phi) is 4.07. The number of benzene rings is 2. The van der Waals surface area contributed by atoms with Crippen LogP contribution in [0.4, 0.5) is 4.39 Å². The Morgan fingerprint density at radius 1 is 1.00 bits per heavy atom. The molecule has 1 atom stereocenters. The minimum Gasteiger partial charge on any atom is -0.309 e. The molecule has 0 radical (unpaired) electrons. The predicted molar refractivity (Wildman–Crippen MR) is 85.1 cm³/mol. The molecule has 0 aliphatic heterocycles. The van der Waals surface area contributed by atoms with Crippen LogP contribution < -0.4 is 5.32 Å². The van der Waals surface area contributed by atoms with E-state index in [0.717, 1.165) is 23.1 Å². The van der Waals surface area contributed by atoms with Crippen LogP contribution in [0.5, 0.6) is 0 Å². The molecular formula is C19H22FN. The zero-order valence-corrected chi connectivity index (χ0v) is 12.7. The number of rotatable bonds is 3. The van der Waals surface area contributed by atoms with Gasteiger partial charge in [-0.15, -0.1) is 0 Å². The summed E-state index contributed by atoms with van der Waals surface area (Å²) in [5.41, 5.74) is 5.87. The Bertz CT molecular complexity index is 648.